The molecule has 3 rings (SSSR count). The van der Waals surface area contributed by atoms with Crippen LogP contribution in [0, 0.1) is 13.8 Å². The summed E-state index contributed by atoms with van der Waals surface area (Å²) >= 11 is 3.83. The number of aryl methyl sites for hydroxylation is 2. The molecule has 1 heterocycles. The Balaban J connectivity index is 1.97. The van der Waals surface area contributed by atoms with Gasteiger partial charge in [-0.3, -0.25) is 0 Å². The van der Waals surface area contributed by atoms with Crippen molar-refractivity contribution in [2.24, 2.45) is 0 Å². The molecule has 0 radical (unpaired) electrons. The van der Waals surface area contributed by atoms with E-state index in [4.69, 9.17) is 0 Å². The van der Waals surface area contributed by atoms with Crippen molar-refractivity contribution in [3.63, 3.8) is 0 Å². The van der Waals surface area contributed by atoms with Gasteiger partial charge in [-0.2, -0.15) is 5.10 Å². The van der Waals surface area contributed by atoms with E-state index < -0.39 is 0 Å². The number of aromatic nitrogens is 2. The summed E-state index contributed by atoms with van der Waals surface area (Å²) in [5.74, 6) is 0. The molecule has 1 aromatic heterocycles. The standard InChI is InChI=1S/C18H17BrN2/c1-13-7-6-8-14(2)17(13)18(19)15-11-20-21(12-15)16-9-4-3-5-10-16/h3-12,18H,1-2H3. The summed E-state index contributed by atoms with van der Waals surface area (Å²) in [6, 6.07) is 16.6. The Morgan fingerprint density at radius 1 is 0.952 bits per heavy atom. The SMILES string of the molecule is Cc1cccc(C)c1C(Br)c1cnn(-c2ccccc2)c1. The molecule has 3 aromatic rings. The lowest BCUT2D eigenvalue weighted by Crippen LogP contribution is -1.98. The molecule has 0 aliphatic carbocycles. The smallest absolute Gasteiger partial charge is 0.0680 e. The highest BCUT2D eigenvalue weighted by molar-refractivity contribution is 9.09. The van der Waals surface area contributed by atoms with Gasteiger partial charge in [0.25, 0.3) is 0 Å². The predicted octanol–water partition coefficient (Wildman–Crippen LogP) is 4.97. The maximum Gasteiger partial charge on any atom is 0.0680 e. The van der Waals surface area contributed by atoms with Gasteiger partial charge in [0.2, 0.25) is 0 Å². The van der Waals surface area contributed by atoms with E-state index >= 15 is 0 Å². The summed E-state index contributed by atoms with van der Waals surface area (Å²) in [6.45, 7) is 4.30. The number of benzene rings is 2. The molecule has 1 unspecified atom stereocenters. The largest absolute Gasteiger partial charge is 0.241 e. The van der Waals surface area contributed by atoms with Gasteiger partial charge >= 0.3 is 0 Å². The molecule has 0 spiro atoms. The van der Waals surface area contributed by atoms with E-state index in [9.17, 15) is 0 Å². The van der Waals surface area contributed by atoms with Crippen LogP contribution in [0.5, 0.6) is 0 Å². The van der Waals surface area contributed by atoms with E-state index in [0.29, 0.717) is 0 Å². The van der Waals surface area contributed by atoms with Gasteiger partial charge in [0, 0.05) is 11.8 Å². The van der Waals surface area contributed by atoms with Gasteiger partial charge in [0.15, 0.2) is 0 Å². The summed E-state index contributed by atoms with van der Waals surface area (Å²) in [7, 11) is 0. The number of rotatable bonds is 3. The van der Waals surface area contributed by atoms with Gasteiger partial charge in [-0.1, -0.05) is 52.3 Å². The molecule has 2 aromatic carbocycles. The minimum absolute atomic E-state index is 0.163. The first kappa shape index (κ1) is 14.1. The van der Waals surface area contributed by atoms with E-state index in [2.05, 4.69) is 71.4 Å². The lowest BCUT2D eigenvalue weighted by Gasteiger charge is -2.14. The molecule has 3 heteroatoms. The summed E-state index contributed by atoms with van der Waals surface area (Å²) in [5, 5.41) is 4.48. The Bertz CT molecular complexity index is 727. The first-order valence-electron chi connectivity index (χ1n) is 6.97. The van der Waals surface area contributed by atoms with Gasteiger partial charge in [0.1, 0.15) is 0 Å². The Labute approximate surface area is 133 Å². The molecule has 0 N–H and O–H groups in total. The fourth-order valence-corrected chi connectivity index (χ4v) is 3.54. The van der Waals surface area contributed by atoms with Crippen LogP contribution in [0.3, 0.4) is 0 Å². The Kier molecular flexibility index (Phi) is 3.93. The molecule has 21 heavy (non-hydrogen) atoms. The molecular formula is C18H17BrN2. The molecule has 0 fully saturated rings. The highest BCUT2D eigenvalue weighted by Gasteiger charge is 2.17. The van der Waals surface area contributed by atoms with Crippen LogP contribution in [0.1, 0.15) is 27.1 Å². The zero-order valence-corrected chi connectivity index (χ0v) is 13.7. The Hall–Kier alpha value is -1.87. The van der Waals surface area contributed by atoms with Crippen LogP contribution in [0.4, 0.5) is 0 Å². The molecule has 0 aliphatic rings. The van der Waals surface area contributed by atoms with Gasteiger partial charge in [-0.05, 0) is 42.7 Å². The third kappa shape index (κ3) is 2.79. The van der Waals surface area contributed by atoms with Crippen molar-refractivity contribution >= 4 is 15.9 Å². The zero-order chi connectivity index (χ0) is 14.8. The number of alkyl halides is 1. The first-order valence-corrected chi connectivity index (χ1v) is 7.88. The van der Waals surface area contributed by atoms with E-state index in [0.717, 1.165) is 11.3 Å². The van der Waals surface area contributed by atoms with Gasteiger partial charge in [-0.25, -0.2) is 4.68 Å². The quantitative estimate of drug-likeness (QED) is 0.615. The first-order chi connectivity index (χ1) is 10.2. The van der Waals surface area contributed by atoms with Crippen LogP contribution >= 0.6 is 15.9 Å². The highest BCUT2D eigenvalue weighted by atomic mass is 79.9. The summed E-state index contributed by atoms with van der Waals surface area (Å²) in [5.41, 5.74) is 6.15. The Morgan fingerprint density at radius 2 is 1.62 bits per heavy atom. The lowest BCUT2D eigenvalue weighted by molar-refractivity contribution is 0.880. The van der Waals surface area contributed by atoms with Crippen LogP contribution < -0.4 is 0 Å². The van der Waals surface area contributed by atoms with Crippen molar-refractivity contribution in [2.45, 2.75) is 18.7 Å². The second-order valence-corrected chi connectivity index (χ2v) is 6.14. The summed E-state index contributed by atoms with van der Waals surface area (Å²) < 4.78 is 1.91. The summed E-state index contributed by atoms with van der Waals surface area (Å²) in [6.07, 6.45) is 4.01. The van der Waals surface area contributed by atoms with Crippen molar-refractivity contribution in [3.8, 4) is 5.69 Å². The molecular weight excluding hydrogens is 324 g/mol. The van der Waals surface area contributed by atoms with E-state index in [-0.39, 0.29) is 4.83 Å². The van der Waals surface area contributed by atoms with Crippen molar-refractivity contribution < 1.29 is 0 Å². The van der Waals surface area contributed by atoms with Crippen LogP contribution in [0.15, 0.2) is 60.9 Å². The summed E-state index contributed by atoms with van der Waals surface area (Å²) in [4.78, 5) is 0.163. The zero-order valence-electron chi connectivity index (χ0n) is 12.1. The van der Waals surface area contributed by atoms with E-state index in [1.54, 1.807) is 0 Å². The van der Waals surface area contributed by atoms with Crippen LogP contribution in [-0.4, -0.2) is 9.78 Å². The van der Waals surface area contributed by atoms with E-state index in [1.165, 1.54) is 16.7 Å². The average Bonchev–Trinajstić information content (AvgIpc) is 2.97. The maximum atomic E-state index is 4.48. The topological polar surface area (TPSA) is 17.8 Å². The molecule has 106 valence electrons. The number of hydrogen-bond donors (Lipinski definition) is 0. The monoisotopic (exact) mass is 340 g/mol. The number of halogens is 1. The average molecular weight is 341 g/mol. The van der Waals surface area contributed by atoms with Crippen molar-refractivity contribution in [3.05, 3.63) is 83.2 Å². The molecule has 0 aliphatic heterocycles. The number of para-hydroxylation sites is 1. The molecule has 0 saturated carbocycles. The fourth-order valence-electron chi connectivity index (χ4n) is 2.58. The van der Waals surface area contributed by atoms with Crippen molar-refractivity contribution in [2.75, 3.05) is 0 Å². The van der Waals surface area contributed by atoms with Crippen LogP contribution in [0.25, 0.3) is 5.69 Å². The third-order valence-corrected chi connectivity index (χ3v) is 4.70. The number of hydrogen-bond acceptors (Lipinski definition) is 1. The van der Waals surface area contributed by atoms with Crippen molar-refractivity contribution in [1.82, 2.24) is 9.78 Å². The van der Waals surface area contributed by atoms with Crippen molar-refractivity contribution in [1.29, 1.82) is 0 Å². The van der Waals surface area contributed by atoms with Gasteiger partial charge < -0.3 is 0 Å². The molecule has 1 atom stereocenters. The second-order valence-electron chi connectivity index (χ2n) is 5.22. The van der Waals surface area contributed by atoms with Gasteiger partial charge in [0.05, 0.1) is 16.7 Å². The van der Waals surface area contributed by atoms with Crippen LogP contribution in [0.2, 0.25) is 0 Å². The lowest BCUT2D eigenvalue weighted by atomic mass is 9.97. The minimum atomic E-state index is 0.163. The fraction of sp³-hybridized carbons (Fsp3) is 0.167. The minimum Gasteiger partial charge on any atom is -0.241 e. The van der Waals surface area contributed by atoms with Gasteiger partial charge in [-0.15, -0.1) is 0 Å². The van der Waals surface area contributed by atoms with E-state index in [1.807, 2.05) is 29.1 Å². The molecule has 0 bridgehead atoms. The van der Waals surface area contributed by atoms with Crippen LogP contribution in [-0.2, 0) is 0 Å². The highest BCUT2D eigenvalue weighted by Crippen LogP contribution is 2.34. The normalized spacial score (nSPS) is 12.3. The number of nitrogens with zero attached hydrogens (tertiary/aromatic N) is 2. The second kappa shape index (κ2) is 5.86. The molecule has 0 amide bonds. The Morgan fingerprint density at radius 3 is 2.29 bits per heavy atom. The molecule has 0 saturated heterocycles. The molecule has 2 nitrogen and oxygen atoms in total. The third-order valence-electron chi connectivity index (χ3n) is 3.71. The maximum absolute atomic E-state index is 4.48. The predicted molar refractivity (Wildman–Crippen MR) is 90.3 cm³/mol.